The van der Waals surface area contributed by atoms with Gasteiger partial charge in [0.15, 0.2) is 0 Å². The highest BCUT2D eigenvalue weighted by molar-refractivity contribution is 9.10. The Morgan fingerprint density at radius 3 is 2.50 bits per heavy atom. The molecule has 0 aliphatic rings. The fourth-order valence-electron chi connectivity index (χ4n) is 1.59. The lowest BCUT2D eigenvalue weighted by Crippen LogP contribution is -2.30. The van der Waals surface area contributed by atoms with E-state index in [1.54, 1.807) is 0 Å². The normalized spacial score (nSPS) is 14.1. The fourth-order valence-corrected chi connectivity index (χ4v) is 2.07. The molecule has 0 saturated heterocycles. The van der Waals surface area contributed by atoms with Crippen LogP contribution >= 0.6 is 15.9 Å². The molecular weight excluding hydrogens is 240 g/mol. The van der Waals surface area contributed by atoms with Crippen LogP contribution < -0.4 is 5.32 Å². The smallest absolute Gasteiger partial charge is 0.0720 e. The summed E-state index contributed by atoms with van der Waals surface area (Å²) in [5.74, 6) is 0. The Balaban J connectivity index is 3.08. The van der Waals surface area contributed by atoms with Gasteiger partial charge in [-0.3, -0.25) is 4.98 Å². The van der Waals surface area contributed by atoms with E-state index in [9.17, 15) is 0 Å². The monoisotopic (exact) mass is 256 g/mol. The molecule has 14 heavy (non-hydrogen) atoms. The zero-order chi connectivity index (χ0) is 10.8. The quantitative estimate of drug-likeness (QED) is 0.880. The Bertz CT molecular complexity index is 304. The van der Waals surface area contributed by atoms with Crippen LogP contribution in [0.5, 0.6) is 0 Å². The molecule has 3 heteroatoms. The Hall–Kier alpha value is -0.410. The summed E-state index contributed by atoms with van der Waals surface area (Å²) < 4.78 is 1.06. The average molecular weight is 257 g/mol. The minimum Gasteiger partial charge on any atom is -0.311 e. The van der Waals surface area contributed by atoms with Crippen LogP contribution in [0.4, 0.5) is 0 Å². The largest absolute Gasteiger partial charge is 0.311 e. The molecule has 0 aromatic carbocycles. The number of nitrogens with one attached hydrogen (secondary N) is 1. The molecule has 0 radical (unpaired) electrons. The van der Waals surface area contributed by atoms with Crippen LogP contribution in [-0.4, -0.2) is 12.0 Å². The molecule has 1 N–H and O–H groups in total. The SMILES string of the molecule is CNC(c1ncccc1Br)C(C)(C)C. The van der Waals surface area contributed by atoms with Crippen LogP contribution in [0.1, 0.15) is 32.5 Å². The first-order valence-corrected chi connectivity index (χ1v) is 5.54. The van der Waals surface area contributed by atoms with Gasteiger partial charge in [0.2, 0.25) is 0 Å². The molecule has 1 rings (SSSR count). The molecule has 1 heterocycles. The van der Waals surface area contributed by atoms with Gasteiger partial charge < -0.3 is 5.32 Å². The highest BCUT2D eigenvalue weighted by atomic mass is 79.9. The number of aromatic nitrogens is 1. The molecule has 1 atom stereocenters. The lowest BCUT2D eigenvalue weighted by molar-refractivity contribution is 0.280. The summed E-state index contributed by atoms with van der Waals surface area (Å²) >= 11 is 3.53. The van der Waals surface area contributed by atoms with E-state index in [0.29, 0.717) is 0 Å². The van der Waals surface area contributed by atoms with E-state index in [2.05, 4.69) is 47.0 Å². The molecule has 0 spiro atoms. The molecule has 78 valence electrons. The van der Waals surface area contributed by atoms with Crippen molar-refractivity contribution < 1.29 is 0 Å². The highest BCUT2D eigenvalue weighted by Gasteiger charge is 2.27. The average Bonchev–Trinajstić information content (AvgIpc) is 2.07. The zero-order valence-electron chi connectivity index (χ0n) is 9.13. The van der Waals surface area contributed by atoms with Crippen molar-refractivity contribution in [1.82, 2.24) is 10.3 Å². The topological polar surface area (TPSA) is 24.9 Å². The van der Waals surface area contributed by atoms with E-state index < -0.39 is 0 Å². The third-order valence-corrected chi connectivity index (χ3v) is 2.89. The van der Waals surface area contributed by atoms with Gasteiger partial charge >= 0.3 is 0 Å². The Morgan fingerprint density at radius 2 is 2.07 bits per heavy atom. The number of rotatable bonds is 2. The lowest BCUT2D eigenvalue weighted by atomic mass is 9.84. The second-order valence-electron chi connectivity index (χ2n) is 4.46. The summed E-state index contributed by atoms with van der Waals surface area (Å²) in [6.45, 7) is 6.61. The number of halogens is 1. The van der Waals surface area contributed by atoms with Crippen molar-refractivity contribution >= 4 is 15.9 Å². The maximum atomic E-state index is 4.41. The van der Waals surface area contributed by atoms with Crippen molar-refractivity contribution in [3.63, 3.8) is 0 Å². The Morgan fingerprint density at radius 1 is 1.43 bits per heavy atom. The third kappa shape index (κ3) is 2.55. The summed E-state index contributed by atoms with van der Waals surface area (Å²) in [6, 6.07) is 4.22. The molecule has 0 amide bonds. The molecule has 1 aromatic rings. The molecule has 0 saturated carbocycles. The van der Waals surface area contributed by atoms with Gasteiger partial charge in [0.1, 0.15) is 0 Å². The molecule has 1 aromatic heterocycles. The maximum Gasteiger partial charge on any atom is 0.0720 e. The van der Waals surface area contributed by atoms with E-state index in [1.165, 1.54) is 0 Å². The molecule has 1 unspecified atom stereocenters. The fraction of sp³-hybridized carbons (Fsp3) is 0.545. The minimum atomic E-state index is 0.158. The van der Waals surface area contributed by atoms with Crippen molar-refractivity contribution in [2.45, 2.75) is 26.8 Å². The van der Waals surface area contributed by atoms with Gasteiger partial charge in [0.05, 0.1) is 11.7 Å². The predicted molar refractivity (Wildman–Crippen MR) is 63.2 cm³/mol. The summed E-state index contributed by atoms with van der Waals surface area (Å²) in [4.78, 5) is 4.41. The summed E-state index contributed by atoms with van der Waals surface area (Å²) in [7, 11) is 1.97. The van der Waals surface area contributed by atoms with E-state index in [-0.39, 0.29) is 11.5 Å². The van der Waals surface area contributed by atoms with Gasteiger partial charge in [-0.1, -0.05) is 20.8 Å². The van der Waals surface area contributed by atoms with Gasteiger partial charge in [-0.25, -0.2) is 0 Å². The van der Waals surface area contributed by atoms with Crippen molar-refractivity contribution in [2.75, 3.05) is 7.05 Å². The first-order chi connectivity index (χ1) is 6.46. The van der Waals surface area contributed by atoms with Gasteiger partial charge in [-0.05, 0) is 40.5 Å². The van der Waals surface area contributed by atoms with Crippen LogP contribution in [-0.2, 0) is 0 Å². The van der Waals surface area contributed by atoms with Crippen LogP contribution in [0.3, 0.4) is 0 Å². The van der Waals surface area contributed by atoms with Crippen LogP contribution in [0.15, 0.2) is 22.8 Å². The number of hydrogen-bond acceptors (Lipinski definition) is 2. The number of nitrogens with zero attached hydrogens (tertiary/aromatic N) is 1. The first kappa shape index (κ1) is 11.7. The number of pyridine rings is 1. The first-order valence-electron chi connectivity index (χ1n) is 4.74. The van der Waals surface area contributed by atoms with Crippen LogP contribution in [0.2, 0.25) is 0 Å². The Kier molecular flexibility index (Phi) is 3.67. The van der Waals surface area contributed by atoms with Gasteiger partial charge in [0.25, 0.3) is 0 Å². The molecule has 0 fully saturated rings. The summed E-state index contributed by atoms with van der Waals surface area (Å²) in [6.07, 6.45) is 1.83. The van der Waals surface area contributed by atoms with Crippen molar-refractivity contribution in [2.24, 2.45) is 5.41 Å². The van der Waals surface area contributed by atoms with E-state index >= 15 is 0 Å². The predicted octanol–water partition coefficient (Wildman–Crippen LogP) is 3.15. The standard InChI is InChI=1S/C11H17BrN2/c1-11(2,3)10(13-4)9-8(12)6-5-7-14-9/h5-7,10,13H,1-4H3. The Labute approximate surface area is 94.3 Å². The molecular formula is C11H17BrN2. The second kappa shape index (κ2) is 4.41. The van der Waals surface area contributed by atoms with Gasteiger partial charge in [-0.15, -0.1) is 0 Å². The lowest BCUT2D eigenvalue weighted by Gasteiger charge is -2.30. The number of hydrogen-bond donors (Lipinski definition) is 1. The van der Waals surface area contributed by atoms with Crippen molar-refractivity contribution in [3.8, 4) is 0 Å². The summed E-state index contributed by atoms with van der Waals surface area (Å²) in [5, 5.41) is 3.31. The zero-order valence-corrected chi connectivity index (χ0v) is 10.7. The van der Waals surface area contributed by atoms with Crippen molar-refractivity contribution in [1.29, 1.82) is 0 Å². The summed E-state index contributed by atoms with van der Waals surface area (Å²) in [5.41, 5.74) is 1.23. The molecule has 2 nitrogen and oxygen atoms in total. The molecule has 0 aliphatic carbocycles. The van der Waals surface area contributed by atoms with Gasteiger partial charge in [-0.2, -0.15) is 0 Å². The molecule has 0 aliphatic heterocycles. The third-order valence-electron chi connectivity index (χ3n) is 2.22. The van der Waals surface area contributed by atoms with Crippen molar-refractivity contribution in [3.05, 3.63) is 28.5 Å². The second-order valence-corrected chi connectivity index (χ2v) is 5.31. The maximum absolute atomic E-state index is 4.41. The van der Waals surface area contributed by atoms with Crippen LogP contribution in [0.25, 0.3) is 0 Å². The van der Waals surface area contributed by atoms with E-state index in [0.717, 1.165) is 10.2 Å². The minimum absolute atomic E-state index is 0.158. The van der Waals surface area contributed by atoms with Gasteiger partial charge in [0, 0.05) is 10.7 Å². The van der Waals surface area contributed by atoms with E-state index in [1.807, 2.05) is 25.4 Å². The van der Waals surface area contributed by atoms with E-state index in [4.69, 9.17) is 0 Å². The van der Waals surface area contributed by atoms with Crippen LogP contribution in [0, 0.1) is 5.41 Å². The molecule has 0 bridgehead atoms. The highest BCUT2D eigenvalue weighted by Crippen LogP contribution is 2.34.